The third-order valence-electron chi connectivity index (χ3n) is 2.86. The van der Waals surface area contributed by atoms with Crippen molar-refractivity contribution in [3.05, 3.63) is 0 Å². The Labute approximate surface area is 91.7 Å². The van der Waals surface area contributed by atoms with Gasteiger partial charge in [0, 0.05) is 12.0 Å². The predicted octanol–water partition coefficient (Wildman–Crippen LogP) is 1.40. The lowest BCUT2D eigenvalue weighted by Crippen LogP contribution is -2.40. The van der Waals surface area contributed by atoms with E-state index in [-0.39, 0.29) is 17.2 Å². The largest absolute Gasteiger partial charge is 0.214 e. The highest BCUT2D eigenvalue weighted by molar-refractivity contribution is 7.90. The summed E-state index contributed by atoms with van der Waals surface area (Å²) >= 11 is 0. The van der Waals surface area contributed by atoms with Crippen LogP contribution in [0.3, 0.4) is 0 Å². The van der Waals surface area contributed by atoms with E-state index < -0.39 is 10.0 Å². The quantitative estimate of drug-likeness (QED) is 0.796. The molecule has 1 aliphatic rings. The first kappa shape index (κ1) is 12.5. The molecule has 0 amide bonds. The highest BCUT2D eigenvalue weighted by atomic mass is 32.2. The van der Waals surface area contributed by atoms with E-state index in [1.165, 1.54) is 0 Å². The van der Waals surface area contributed by atoms with Gasteiger partial charge in [0.05, 0.1) is 11.3 Å². The fourth-order valence-corrected chi connectivity index (χ4v) is 2.68. The lowest BCUT2D eigenvalue weighted by Gasteiger charge is -2.26. The van der Waals surface area contributed by atoms with Crippen molar-refractivity contribution in [2.45, 2.75) is 50.8 Å². The minimum Gasteiger partial charge on any atom is -0.212 e. The molecule has 1 saturated carbocycles. The summed E-state index contributed by atoms with van der Waals surface area (Å²) in [5, 5.41) is 8.33. The van der Waals surface area contributed by atoms with Crippen molar-refractivity contribution in [3.8, 4) is 6.07 Å². The standard InChI is InChI=1S/C10H18N2O2S/c1-8(2)15(13,14)12-10-5-3-9(7-11)4-6-10/h8-10,12H,3-6H2,1-2H3. The molecule has 0 radical (unpaired) electrons. The molecule has 86 valence electrons. The van der Waals surface area contributed by atoms with E-state index >= 15 is 0 Å². The molecular weight excluding hydrogens is 212 g/mol. The molecule has 1 fully saturated rings. The lowest BCUT2D eigenvalue weighted by atomic mass is 9.88. The van der Waals surface area contributed by atoms with Gasteiger partial charge in [0.15, 0.2) is 0 Å². The molecule has 0 atom stereocenters. The maximum Gasteiger partial charge on any atom is 0.214 e. The van der Waals surface area contributed by atoms with Crippen molar-refractivity contribution in [1.82, 2.24) is 4.72 Å². The Kier molecular flexibility index (Phi) is 4.12. The normalized spacial score (nSPS) is 27.6. The molecule has 5 heteroatoms. The van der Waals surface area contributed by atoms with Crippen LogP contribution in [-0.4, -0.2) is 19.7 Å². The minimum atomic E-state index is -3.15. The summed E-state index contributed by atoms with van der Waals surface area (Å²) < 4.78 is 25.8. The van der Waals surface area contributed by atoms with Crippen LogP contribution in [0, 0.1) is 17.2 Å². The zero-order chi connectivity index (χ0) is 11.5. The van der Waals surface area contributed by atoms with Gasteiger partial charge in [0.2, 0.25) is 10.0 Å². The van der Waals surface area contributed by atoms with Crippen LogP contribution in [0.25, 0.3) is 0 Å². The van der Waals surface area contributed by atoms with Crippen LogP contribution in [0.5, 0.6) is 0 Å². The van der Waals surface area contributed by atoms with Crippen molar-refractivity contribution in [2.75, 3.05) is 0 Å². The SMILES string of the molecule is CC(C)S(=O)(=O)NC1CCC(C#N)CC1. The van der Waals surface area contributed by atoms with Gasteiger partial charge >= 0.3 is 0 Å². The predicted molar refractivity (Wildman–Crippen MR) is 58.6 cm³/mol. The molecule has 4 nitrogen and oxygen atoms in total. The van der Waals surface area contributed by atoms with E-state index in [0.29, 0.717) is 0 Å². The average molecular weight is 230 g/mol. The third kappa shape index (κ3) is 3.47. The molecule has 1 aliphatic carbocycles. The Morgan fingerprint density at radius 3 is 2.20 bits per heavy atom. The fourth-order valence-electron chi connectivity index (χ4n) is 1.71. The van der Waals surface area contributed by atoms with Gasteiger partial charge in [-0.25, -0.2) is 13.1 Å². The van der Waals surface area contributed by atoms with Gasteiger partial charge in [0.25, 0.3) is 0 Å². The van der Waals surface area contributed by atoms with Gasteiger partial charge in [-0.05, 0) is 39.5 Å². The average Bonchev–Trinajstić information content (AvgIpc) is 2.18. The first-order valence-corrected chi connectivity index (χ1v) is 6.91. The van der Waals surface area contributed by atoms with E-state index in [2.05, 4.69) is 10.8 Å². The summed E-state index contributed by atoms with van der Waals surface area (Å²) in [6.45, 7) is 3.34. The summed E-state index contributed by atoms with van der Waals surface area (Å²) in [6.07, 6.45) is 3.18. The highest BCUT2D eigenvalue weighted by Gasteiger charge is 2.25. The summed E-state index contributed by atoms with van der Waals surface area (Å²) in [5.41, 5.74) is 0. The van der Waals surface area contributed by atoms with Crippen molar-refractivity contribution in [2.24, 2.45) is 5.92 Å². The Balaban J connectivity index is 2.47. The highest BCUT2D eigenvalue weighted by Crippen LogP contribution is 2.24. The lowest BCUT2D eigenvalue weighted by molar-refractivity contribution is 0.361. The molecule has 0 bridgehead atoms. The van der Waals surface area contributed by atoms with Gasteiger partial charge in [0.1, 0.15) is 0 Å². The molecule has 0 spiro atoms. The Morgan fingerprint density at radius 1 is 1.27 bits per heavy atom. The van der Waals surface area contributed by atoms with Gasteiger partial charge in [-0.2, -0.15) is 5.26 Å². The van der Waals surface area contributed by atoms with Crippen LogP contribution in [0.15, 0.2) is 0 Å². The number of nitriles is 1. The van der Waals surface area contributed by atoms with Gasteiger partial charge in [-0.3, -0.25) is 0 Å². The van der Waals surface area contributed by atoms with Gasteiger partial charge < -0.3 is 0 Å². The molecular formula is C10H18N2O2S. The van der Waals surface area contributed by atoms with E-state index in [1.54, 1.807) is 13.8 Å². The molecule has 0 aliphatic heterocycles. The van der Waals surface area contributed by atoms with Gasteiger partial charge in [-0.1, -0.05) is 0 Å². The molecule has 15 heavy (non-hydrogen) atoms. The molecule has 0 aromatic heterocycles. The van der Waals surface area contributed by atoms with Crippen LogP contribution >= 0.6 is 0 Å². The van der Waals surface area contributed by atoms with Crippen molar-refractivity contribution in [3.63, 3.8) is 0 Å². The number of nitrogens with zero attached hydrogens (tertiary/aromatic N) is 1. The molecule has 0 aromatic carbocycles. The van der Waals surface area contributed by atoms with Crippen molar-refractivity contribution in [1.29, 1.82) is 5.26 Å². The molecule has 0 heterocycles. The first-order valence-electron chi connectivity index (χ1n) is 5.36. The maximum atomic E-state index is 11.6. The number of nitrogens with one attached hydrogen (secondary N) is 1. The zero-order valence-electron chi connectivity index (χ0n) is 9.23. The second kappa shape index (κ2) is 4.95. The summed E-state index contributed by atoms with van der Waals surface area (Å²) in [7, 11) is -3.15. The monoisotopic (exact) mass is 230 g/mol. The molecule has 1 N–H and O–H groups in total. The second-order valence-corrected chi connectivity index (χ2v) is 6.66. The smallest absolute Gasteiger partial charge is 0.212 e. The topological polar surface area (TPSA) is 70.0 Å². The van der Waals surface area contributed by atoms with E-state index in [9.17, 15) is 8.42 Å². The number of rotatable bonds is 3. The summed E-state index contributed by atoms with van der Waals surface area (Å²) in [5.74, 6) is 0.116. The Morgan fingerprint density at radius 2 is 1.80 bits per heavy atom. The summed E-state index contributed by atoms with van der Waals surface area (Å²) in [6, 6.07) is 2.26. The molecule has 0 saturated heterocycles. The second-order valence-electron chi connectivity index (χ2n) is 4.39. The Bertz CT molecular complexity index is 335. The van der Waals surface area contributed by atoms with Gasteiger partial charge in [-0.15, -0.1) is 0 Å². The van der Waals surface area contributed by atoms with Crippen LogP contribution in [0.4, 0.5) is 0 Å². The van der Waals surface area contributed by atoms with Crippen LogP contribution in [0.2, 0.25) is 0 Å². The van der Waals surface area contributed by atoms with Crippen molar-refractivity contribution >= 4 is 10.0 Å². The van der Waals surface area contributed by atoms with Crippen LogP contribution in [-0.2, 0) is 10.0 Å². The number of sulfonamides is 1. The minimum absolute atomic E-state index is 0.0296. The maximum absolute atomic E-state index is 11.6. The van der Waals surface area contributed by atoms with E-state index in [0.717, 1.165) is 25.7 Å². The van der Waals surface area contributed by atoms with E-state index in [1.807, 2.05) is 0 Å². The summed E-state index contributed by atoms with van der Waals surface area (Å²) in [4.78, 5) is 0. The zero-order valence-corrected chi connectivity index (χ0v) is 10.0. The first-order chi connectivity index (χ1) is 6.95. The number of hydrogen-bond acceptors (Lipinski definition) is 3. The van der Waals surface area contributed by atoms with Crippen LogP contribution in [0.1, 0.15) is 39.5 Å². The van der Waals surface area contributed by atoms with Crippen molar-refractivity contribution < 1.29 is 8.42 Å². The molecule has 0 unspecified atom stereocenters. The fraction of sp³-hybridized carbons (Fsp3) is 0.900. The van der Waals surface area contributed by atoms with E-state index in [4.69, 9.17) is 5.26 Å². The Hall–Kier alpha value is -0.600. The van der Waals surface area contributed by atoms with Crippen LogP contribution < -0.4 is 4.72 Å². The number of hydrogen-bond donors (Lipinski definition) is 1. The molecule has 1 rings (SSSR count). The molecule has 0 aromatic rings. The third-order valence-corrected chi connectivity index (χ3v) is 4.76.